The van der Waals surface area contributed by atoms with Gasteiger partial charge in [0.2, 0.25) is 0 Å². The predicted molar refractivity (Wildman–Crippen MR) is 182 cm³/mol. The lowest BCUT2D eigenvalue weighted by Crippen LogP contribution is -2.07. The van der Waals surface area contributed by atoms with Crippen LogP contribution >= 0.6 is 0 Å². The van der Waals surface area contributed by atoms with Gasteiger partial charge in [0.15, 0.2) is 0 Å². The summed E-state index contributed by atoms with van der Waals surface area (Å²) in [6, 6.07) is 0. The van der Waals surface area contributed by atoms with Gasteiger partial charge in [0.05, 0.1) is 0 Å². The lowest BCUT2D eigenvalue weighted by molar-refractivity contribution is 0.309. The molecule has 2 saturated carbocycles. The Hall–Kier alpha value is 0. The van der Waals surface area contributed by atoms with Crippen molar-refractivity contribution >= 4 is 0 Å². The summed E-state index contributed by atoms with van der Waals surface area (Å²) in [5, 5.41) is 0. The van der Waals surface area contributed by atoms with E-state index in [1.54, 1.807) is 25.7 Å². The molecule has 0 saturated heterocycles. The third-order valence-corrected chi connectivity index (χ3v) is 10.6. The average molecular weight is 557 g/mol. The number of rotatable bonds is 3. The van der Waals surface area contributed by atoms with Gasteiger partial charge in [-0.3, -0.25) is 0 Å². The highest BCUT2D eigenvalue weighted by atomic mass is 14.2. The van der Waals surface area contributed by atoms with Crippen LogP contribution in [0.25, 0.3) is 0 Å². The van der Waals surface area contributed by atoms with Crippen molar-refractivity contribution < 1.29 is 0 Å². The van der Waals surface area contributed by atoms with Crippen LogP contribution in [-0.2, 0) is 0 Å². The van der Waals surface area contributed by atoms with Crippen molar-refractivity contribution in [3.05, 3.63) is 12.8 Å². The topological polar surface area (TPSA) is 0 Å². The molecule has 0 N–H and O–H groups in total. The van der Waals surface area contributed by atoms with Crippen molar-refractivity contribution in [1.29, 1.82) is 0 Å². The van der Waals surface area contributed by atoms with Gasteiger partial charge >= 0.3 is 0 Å². The first-order valence-corrected chi connectivity index (χ1v) is 19.6. The van der Waals surface area contributed by atoms with Gasteiger partial charge in [-0.1, -0.05) is 231 Å². The standard InChI is InChI=1S/C40H76/c1-2-6-10-14-18-22-26-30-34-39(33-29-25-21-17-13-9-5-1)37-38-40-35-31-27-23-19-15-11-7-3-4-8-12-16-20-24-28-32-36-40/h1,3,39-40H,2,4-38H2. The molecule has 2 aliphatic carbocycles. The van der Waals surface area contributed by atoms with Crippen molar-refractivity contribution in [2.24, 2.45) is 11.8 Å². The van der Waals surface area contributed by atoms with Crippen molar-refractivity contribution in [3.63, 3.8) is 0 Å². The SMILES string of the molecule is [CH]1CCCCCCCCCC(CCC2CCCCCCCC[CH]CCCCCCCCC2)CCCCCCCC1. The van der Waals surface area contributed by atoms with Crippen LogP contribution in [0, 0.1) is 24.7 Å². The lowest BCUT2D eigenvalue weighted by atomic mass is 9.84. The van der Waals surface area contributed by atoms with Crippen molar-refractivity contribution in [3.8, 4) is 0 Å². The summed E-state index contributed by atoms with van der Waals surface area (Å²) in [5.74, 6) is 2.07. The molecule has 0 spiro atoms. The highest BCUT2D eigenvalue weighted by molar-refractivity contribution is 4.69. The molecule has 2 unspecified atom stereocenters. The van der Waals surface area contributed by atoms with Gasteiger partial charge in [-0.25, -0.2) is 0 Å². The van der Waals surface area contributed by atoms with Gasteiger partial charge in [0.1, 0.15) is 0 Å². The summed E-state index contributed by atoms with van der Waals surface area (Å²) in [5.41, 5.74) is 0. The number of hydrogen-bond donors (Lipinski definition) is 0. The van der Waals surface area contributed by atoms with Crippen LogP contribution in [0.2, 0.25) is 0 Å². The van der Waals surface area contributed by atoms with E-state index in [4.69, 9.17) is 0 Å². The van der Waals surface area contributed by atoms with Crippen LogP contribution in [0.15, 0.2) is 0 Å². The fraction of sp³-hybridized carbons (Fsp3) is 0.950. The van der Waals surface area contributed by atoms with Gasteiger partial charge in [0.25, 0.3) is 0 Å². The minimum Gasteiger partial charge on any atom is -0.0533 e. The summed E-state index contributed by atoms with van der Waals surface area (Å²) in [7, 11) is 0. The molecule has 0 aromatic heterocycles. The quantitative estimate of drug-likeness (QED) is 0.324. The molecule has 40 heavy (non-hydrogen) atoms. The smallest absolute Gasteiger partial charge is 0.0386 e. The molecule has 0 heterocycles. The summed E-state index contributed by atoms with van der Waals surface area (Å²) >= 11 is 0. The van der Waals surface area contributed by atoms with E-state index in [1.165, 1.54) is 205 Å². The zero-order valence-electron chi connectivity index (χ0n) is 27.8. The number of hydrogen-bond acceptors (Lipinski definition) is 0. The van der Waals surface area contributed by atoms with Crippen LogP contribution in [-0.4, -0.2) is 0 Å². The Morgan fingerprint density at radius 1 is 0.250 bits per heavy atom. The third-order valence-electron chi connectivity index (χ3n) is 10.6. The summed E-state index contributed by atoms with van der Waals surface area (Å²) < 4.78 is 0. The third kappa shape index (κ3) is 23.6. The Bertz CT molecular complexity index is 396. The largest absolute Gasteiger partial charge is 0.0533 e. The normalized spacial score (nSPS) is 24.9. The highest BCUT2D eigenvalue weighted by Gasteiger charge is 2.14. The van der Waals surface area contributed by atoms with E-state index < -0.39 is 0 Å². The van der Waals surface area contributed by atoms with E-state index in [2.05, 4.69) is 12.8 Å². The molecule has 0 aromatic carbocycles. The van der Waals surface area contributed by atoms with Crippen LogP contribution in [0.4, 0.5) is 0 Å². The zero-order valence-corrected chi connectivity index (χ0v) is 27.8. The Labute approximate surface area is 255 Å². The molecule has 2 aliphatic rings. The summed E-state index contributed by atoms with van der Waals surface area (Å²) in [6.07, 6.45) is 58.6. The minimum atomic E-state index is 1.03. The Balaban J connectivity index is 1.75. The first kappa shape index (κ1) is 36.2. The predicted octanol–water partition coefficient (Wildman–Crippen LogP) is 14.7. The molecular weight excluding hydrogens is 480 g/mol. The summed E-state index contributed by atoms with van der Waals surface area (Å²) in [4.78, 5) is 0. The lowest BCUT2D eigenvalue weighted by Gasteiger charge is -2.22. The first-order chi connectivity index (χ1) is 19.9. The van der Waals surface area contributed by atoms with E-state index in [9.17, 15) is 0 Å². The average Bonchev–Trinajstić information content (AvgIpc) is 2.96. The van der Waals surface area contributed by atoms with E-state index in [-0.39, 0.29) is 0 Å². The highest BCUT2D eigenvalue weighted by Crippen LogP contribution is 2.30. The molecule has 2 rings (SSSR count). The molecule has 0 heteroatoms. The van der Waals surface area contributed by atoms with E-state index in [0.717, 1.165) is 11.8 Å². The molecule has 0 amide bonds. The molecule has 2 fully saturated rings. The molecular formula is C40H76. The van der Waals surface area contributed by atoms with E-state index >= 15 is 0 Å². The minimum absolute atomic E-state index is 1.03. The first-order valence-electron chi connectivity index (χ1n) is 19.6. The molecule has 236 valence electrons. The van der Waals surface area contributed by atoms with E-state index in [1.807, 2.05) is 0 Å². The zero-order chi connectivity index (χ0) is 28.0. The van der Waals surface area contributed by atoms with Gasteiger partial charge in [-0.05, 0) is 24.7 Å². The maximum Gasteiger partial charge on any atom is -0.0386 e. The van der Waals surface area contributed by atoms with Crippen molar-refractivity contribution in [2.45, 2.75) is 231 Å². The van der Waals surface area contributed by atoms with Crippen LogP contribution < -0.4 is 0 Å². The Morgan fingerprint density at radius 2 is 0.450 bits per heavy atom. The van der Waals surface area contributed by atoms with E-state index in [0.29, 0.717) is 0 Å². The second kappa shape index (κ2) is 29.1. The monoisotopic (exact) mass is 557 g/mol. The second-order valence-electron chi connectivity index (χ2n) is 14.4. The molecule has 2 atom stereocenters. The van der Waals surface area contributed by atoms with Gasteiger partial charge in [0, 0.05) is 0 Å². The van der Waals surface area contributed by atoms with Gasteiger partial charge in [-0.2, -0.15) is 0 Å². The van der Waals surface area contributed by atoms with Gasteiger partial charge in [-0.15, -0.1) is 0 Å². The molecule has 0 aromatic rings. The van der Waals surface area contributed by atoms with Crippen LogP contribution in [0.3, 0.4) is 0 Å². The molecule has 0 aliphatic heterocycles. The molecule has 0 bridgehead atoms. The fourth-order valence-corrected chi connectivity index (χ4v) is 7.69. The van der Waals surface area contributed by atoms with Crippen LogP contribution in [0.1, 0.15) is 231 Å². The Kier molecular flexibility index (Phi) is 26.3. The summed E-state index contributed by atoms with van der Waals surface area (Å²) in [6.45, 7) is 0. The molecule has 0 nitrogen and oxygen atoms in total. The van der Waals surface area contributed by atoms with Gasteiger partial charge < -0.3 is 0 Å². The van der Waals surface area contributed by atoms with Crippen LogP contribution in [0.5, 0.6) is 0 Å². The van der Waals surface area contributed by atoms with Crippen molar-refractivity contribution in [1.82, 2.24) is 0 Å². The van der Waals surface area contributed by atoms with Crippen molar-refractivity contribution in [2.75, 3.05) is 0 Å². The maximum absolute atomic E-state index is 2.59. The molecule has 2 radical (unpaired) electrons. The maximum atomic E-state index is 2.59. The fourth-order valence-electron chi connectivity index (χ4n) is 7.69. The Morgan fingerprint density at radius 3 is 0.700 bits per heavy atom. The second-order valence-corrected chi connectivity index (χ2v) is 14.4.